The smallest absolute Gasteiger partial charge is 0.412 e. The van der Waals surface area contributed by atoms with Gasteiger partial charge < -0.3 is 5.48 Å². The van der Waals surface area contributed by atoms with E-state index in [2.05, 4.69) is 0 Å². The summed E-state index contributed by atoms with van der Waals surface area (Å²) in [6, 6.07) is 0. The summed E-state index contributed by atoms with van der Waals surface area (Å²) in [7, 11) is 0. The van der Waals surface area contributed by atoms with E-state index in [4.69, 9.17) is 0 Å². The summed E-state index contributed by atoms with van der Waals surface area (Å²) in [5, 5.41) is 0. The molecule has 0 aromatic rings. The van der Waals surface area contributed by atoms with Crippen LogP contribution in [-0.4, -0.2) is 88.7 Å². The van der Waals surface area contributed by atoms with Crippen molar-refractivity contribution in [3.8, 4) is 0 Å². The van der Waals surface area contributed by atoms with Gasteiger partial charge in [-0.05, 0) is 0 Å². The van der Waals surface area contributed by atoms with Crippen LogP contribution in [0.5, 0.6) is 0 Å². The number of hydrogen-bond acceptors (Lipinski definition) is 0. The summed E-state index contributed by atoms with van der Waals surface area (Å²) in [6.45, 7) is 0. The van der Waals surface area contributed by atoms with E-state index in [1.807, 2.05) is 0 Å². The predicted molar refractivity (Wildman–Crippen MR) is 15.1 cm³/mol. The zero-order valence-corrected chi connectivity index (χ0v) is 13.2. The molecule has 0 aromatic heterocycles. The van der Waals surface area contributed by atoms with Gasteiger partial charge in [-0.1, -0.05) is 0 Å². The summed E-state index contributed by atoms with van der Waals surface area (Å²) in [5.74, 6) is 0. The average molecular weight is 262 g/mol. The van der Waals surface area contributed by atoms with Crippen LogP contribution in [0.4, 0.5) is 0 Å². The van der Waals surface area contributed by atoms with Crippen LogP contribution in [0.25, 0.3) is 0 Å². The van der Waals surface area contributed by atoms with Crippen LogP contribution in [0.2, 0.25) is 0 Å². The van der Waals surface area contributed by atoms with Crippen LogP contribution in [0, 0.1) is 0 Å². The maximum atomic E-state index is 0. The molecule has 0 aliphatic rings. The minimum absolute atomic E-state index is 0. The number of rotatable bonds is 0. The van der Waals surface area contributed by atoms with Crippen LogP contribution in [0.1, 0.15) is 0 Å². The minimum Gasteiger partial charge on any atom is -0.412 e. The van der Waals surface area contributed by atoms with Crippen molar-refractivity contribution in [3.63, 3.8) is 0 Å². The molecule has 0 aliphatic carbocycles. The molecule has 0 fully saturated rings. The second-order valence-electron chi connectivity index (χ2n) is 0. The zero-order valence-electron chi connectivity index (χ0n) is 3.36. The molecule has 1 nitrogen and oxygen atoms in total. The molecule has 5 heteroatoms. The minimum atomic E-state index is 0. The van der Waals surface area contributed by atoms with Crippen molar-refractivity contribution in [1.29, 1.82) is 0 Å². The molecule has 0 spiro atoms. The Bertz CT molecular complexity index is 11.6. The van der Waals surface area contributed by atoms with E-state index in [1.54, 1.807) is 0 Å². The van der Waals surface area contributed by atoms with E-state index >= 15 is 0 Å². The molecule has 13 valence electrons. The van der Waals surface area contributed by atoms with Gasteiger partial charge in [0.05, 0.1) is 0 Å². The van der Waals surface area contributed by atoms with E-state index in [0.717, 1.165) is 0 Å². The quantitative estimate of drug-likeness (QED) is 0.393. The van der Waals surface area contributed by atoms with E-state index in [1.165, 1.54) is 0 Å². The Kier molecular flexibility index (Phi) is 162. The fraction of sp³-hybridized carbons (Fsp3) is 0. The fourth-order valence-electron chi connectivity index (χ4n) is 0. The summed E-state index contributed by atoms with van der Waals surface area (Å²) >= 11 is 0. The summed E-state index contributed by atoms with van der Waals surface area (Å²) in [5.41, 5.74) is 0. The Balaban J connectivity index is 0. The van der Waals surface area contributed by atoms with E-state index in [9.17, 15) is 0 Å². The van der Waals surface area contributed by atoms with Crippen LogP contribution in [0.15, 0.2) is 0 Å². The van der Waals surface area contributed by atoms with Gasteiger partial charge >= 0.3 is 113 Å². The van der Waals surface area contributed by atoms with Crippen molar-refractivity contribution in [2.24, 2.45) is 0 Å². The molecular weight excluding hydrogens is 260 g/mol. The predicted octanol–water partition coefficient (Wildman–Crippen LogP) is -4.58. The van der Waals surface area contributed by atoms with Crippen molar-refractivity contribution < 1.29 is 57.4 Å². The Morgan fingerprint density at radius 2 is 1.00 bits per heavy atom. The zero-order chi connectivity index (χ0) is 0. The molecule has 0 amide bonds. The van der Waals surface area contributed by atoms with Gasteiger partial charge in [-0.25, -0.2) is 0 Å². The SMILES string of the molecule is O.[Ca+2].[Na+].[Nb].[Sr+2]. The first kappa shape index (κ1) is 34.1. The van der Waals surface area contributed by atoms with Gasteiger partial charge in [-0.2, -0.15) is 0 Å². The molecule has 5 heavy (non-hydrogen) atoms. The van der Waals surface area contributed by atoms with Crippen molar-refractivity contribution >= 4 is 83.2 Å². The second kappa shape index (κ2) is 23.7. The van der Waals surface area contributed by atoms with Crippen LogP contribution in [0.3, 0.4) is 0 Å². The van der Waals surface area contributed by atoms with Gasteiger partial charge in [-0.15, -0.1) is 0 Å². The van der Waals surface area contributed by atoms with Gasteiger partial charge in [0.15, 0.2) is 0 Å². The van der Waals surface area contributed by atoms with Gasteiger partial charge in [0.25, 0.3) is 0 Å². The van der Waals surface area contributed by atoms with Gasteiger partial charge in [0, 0.05) is 22.4 Å². The molecule has 0 aromatic carbocycles. The van der Waals surface area contributed by atoms with Gasteiger partial charge in [-0.3, -0.25) is 0 Å². The fourth-order valence-corrected chi connectivity index (χ4v) is 0. The van der Waals surface area contributed by atoms with Crippen molar-refractivity contribution in [2.75, 3.05) is 0 Å². The maximum absolute atomic E-state index is 0. The molecule has 0 rings (SSSR count). The molecule has 2 N–H and O–H groups in total. The van der Waals surface area contributed by atoms with Crippen LogP contribution >= 0.6 is 0 Å². The largest absolute Gasteiger partial charge is 2.00 e. The topological polar surface area (TPSA) is 31.5 Å². The molecule has 0 bridgehead atoms. The summed E-state index contributed by atoms with van der Waals surface area (Å²) in [4.78, 5) is 0. The Morgan fingerprint density at radius 3 is 1.00 bits per heavy atom. The Morgan fingerprint density at radius 1 is 1.00 bits per heavy atom. The third kappa shape index (κ3) is 17.8. The second-order valence-corrected chi connectivity index (χ2v) is 0. The standard InChI is InChI=1S/Ca.Na.Nb.H2O.Sr/h;;;1H2;/q+2;+1;;;+2. The van der Waals surface area contributed by atoms with Crippen LogP contribution in [-0.2, 0) is 22.4 Å². The Labute approximate surface area is 136 Å². The third-order valence-electron chi connectivity index (χ3n) is 0. The molecule has 0 saturated carbocycles. The van der Waals surface area contributed by atoms with Crippen molar-refractivity contribution in [2.45, 2.75) is 0 Å². The van der Waals surface area contributed by atoms with Crippen LogP contribution < -0.4 is 29.6 Å². The maximum Gasteiger partial charge on any atom is 2.00 e. The molecule has 0 atom stereocenters. The van der Waals surface area contributed by atoms with E-state index in [-0.39, 0.29) is 141 Å². The summed E-state index contributed by atoms with van der Waals surface area (Å²) in [6.07, 6.45) is 0. The van der Waals surface area contributed by atoms with E-state index < -0.39 is 0 Å². The molecule has 0 aliphatic heterocycles. The van der Waals surface area contributed by atoms with E-state index in [0.29, 0.717) is 0 Å². The van der Waals surface area contributed by atoms with Gasteiger partial charge in [0.2, 0.25) is 0 Å². The average Bonchev–Trinajstić information content (AvgIpc) is 0. The molecule has 0 unspecified atom stereocenters. The Hall–Kier alpha value is 4.44. The molecule has 0 heterocycles. The molecule has 1 radical (unpaired) electrons. The van der Waals surface area contributed by atoms with Gasteiger partial charge in [0.1, 0.15) is 0 Å². The molecule has 0 saturated heterocycles. The first-order chi connectivity index (χ1) is 0. The first-order valence-corrected chi connectivity index (χ1v) is 0. The normalized spacial score (nSPS) is 0. The summed E-state index contributed by atoms with van der Waals surface area (Å²) < 4.78 is 0. The number of hydrogen-bond donors (Lipinski definition) is 0. The van der Waals surface area contributed by atoms with Crippen molar-refractivity contribution in [1.82, 2.24) is 0 Å². The monoisotopic (exact) mass is 262 g/mol. The molecular formula is H2CaNaNbOSr+5. The van der Waals surface area contributed by atoms with Crippen molar-refractivity contribution in [3.05, 3.63) is 0 Å². The first-order valence-electron chi connectivity index (χ1n) is 0. The third-order valence-corrected chi connectivity index (χ3v) is 0.